The van der Waals surface area contributed by atoms with Crippen molar-refractivity contribution in [3.05, 3.63) is 35.1 Å². The van der Waals surface area contributed by atoms with E-state index < -0.39 is 0 Å². The summed E-state index contributed by atoms with van der Waals surface area (Å²) in [6, 6.07) is 8.19. The fourth-order valence-corrected chi connectivity index (χ4v) is 3.28. The van der Waals surface area contributed by atoms with Gasteiger partial charge in [-0.15, -0.1) is 11.3 Å². The van der Waals surface area contributed by atoms with E-state index in [9.17, 15) is 0 Å². The summed E-state index contributed by atoms with van der Waals surface area (Å²) >= 11 is 1.71. The zero-order valence-electron chi connectivity index (χ0n) is 14.7. The van der Waals surface area contributed by atoms with Crippen LogP contribution < -0.4 is 9.80 Å². The number of hydrogen-bond donors (Lipinski definition) is 0. The fraction of sp³-hybridized carbons (Fsp3) is 0.412. The first-order valence-corrected chi connectivity index (χ1v) is 8.74. The van der Waals surface area contributed by atoms with Gasteiger partial charge in [-0.1, -0.05) is 26.0 Å². The summed E-state index contributed by atoms with van der Waals surface area (Å²) in [4.78, 5) is 22.3. The molecule has 3 aromatic rings. The number of fused-ring (bicyclic) bond motifs is 1. The minimum atomic E-state index is 0.251. The van der Waals surface area contributed by atoms with Crippen molar-refractivity contribution in [3.8, 4) is 0 Å². The molecule has 7 heteroatoms. The molecule has 126 valence electrons. The van der Waals surface area contributed by atoms with Gasteiger partial charge in [0.1, 0.15) is 10.8 Å². The van der Waals surface area contributed by atoms with Crippen molar-refractivity contribution in [3.63, 3.8) is 0 Å². The molecule has 0 atom stereocenters. The van der Waals surface area contributed by atoms with Crippen LogP contribution in [0.5, 0.6) is 0 Å². The van der Waals surface area contributed by atoms with Crippen LogP contribution in [0.15, 0.2) is 24.3 Å². The van der Waals surface area contributed by atoms with Gasteiger partial charge in [-0.05, 0) is 12.1 Å². The standard InChI is InChI=1S/C17H22N6S/c1-11(2)15-19-16(22(3)4)21-17(20-15)23(5)10-14-18-12-8-6-7-9-13(12)24-14/h6-9,11H,10H2,1-5H3. The molecule has 0 fully saturated rings. The van der Waals surface area contributed by atoms with E-state index in [2.05, 4.69) is 39.8 Å². The highest BCUT2D eigenvalue weighted by molar-refractivity contribution is 7.18. The molecular formula is C17H22N6S. The first kappa shape index (κ1) is 16.6. The van der Waals surface area contributed by atoms with Crippen molar-refractivity contribution in [2.24, 2.45) is 0 Å². The lowest BCUT2D eigenvalue weighted by molar-refractivity contribution is 0.736. The number of anilines is 2. The van der Waals surface area contributed by atoms with Crippen LogP contribution in [0.1, 0.15) is 30.6 Å². The second kappa shape index (κ2) is 6.68. The molecule has 0 aliphatic rings. The van der Waals surface area contributed by atoms with E-state index in [4.69, 9.17) is 0 Å². The van der Waals surface area contributed by atoms with Gasteiger partial charge in [-0.2, -0.15) is 15.0 Å². The summed E-state index contributed by atoms with van der Waals surface area (Å²) in [6.07, 6.45) is 0. The predicted molar refractivity (Wildman–Crippen MR) is 100.0 cm³/mol. The van der Waals surface area contributed by atoms with Crippen LogP contribution in [-0.4, -0.2) is 41.1 Å². The number of thiazole rings is 1. The van der Waals surface area contributed by atoms with Crippen LogP contribution in [-0.2, 0) is 6.54 Å². The molecule has 3 rings (SSSR count). The Morgan fingerprint density at radius 1 is 0.958 bits per heavy atom. The highest BCUT2D eigenvalue weighted by Gasteiger charge is 2.15. The SMILES string of the molecule is CC(C)c1nc(N(C)C)nc(N(C)Cc2nc3ccccc3s2)n1. The minimum absolute atomic E-state index is 0.251. The molecule has 1 aromatic carbocycles. The highest BCUT2D eigenvalue weighted by Crippen LogP contribution is 2.24. The average Bonchev–Trinajstić information content (AvgIpc) is 2.96. The zero-order valence-corrected chi connectivity index (χ0v) is 15.5. The highest BCUT2D eigenvalue weighted by atomic mass is 32.1. The van der Waals surface area contributed by atoms with Crippen LogP contribution in [0.4, 0.5) is 11.9 Å². The lowest BCUT2D eigenvalue weighted by Crippen LogP contribution is -2.23. The third-order valence-corrected chi connectivity index (χ3v) is 4.62. The van der Waals surface area contributed by atoms with E-state index in [0.29, 0.717) is 18.4 Å². The van der Waals surface area contributed by atoms with Gasteiger partial charge in [0.2, 0.25) is 11.9 Å². The molecule has 0 radical (unpaired) electrons. The van der Waals surface area contributed by atoms with E-state index in [1.54, 1.807) is 11.3 Å². The second-order valence-corrected chi connectivity index (χ2v) is 7.39. The largest absolute Gasteiger partial charge is 0.347 e. The number of para-hydroxylation sites is 1. The van der Waals surface area contributed by atoms with Crippen LogP contribution in [0.3, 0.4) is 0 Å². The zero-order chi connectivity index (χ0) is 17.3. The van der Waals surface area contributed by atoms with Crippen molar-refractivity contribution in [2.45, 2.75) is 26.3 Å². The van der Waals surface area contributed by atoms with E-state index in [1.807, 2.05) is 49.1 Å². The summed E-state index contributed by atoms with van der Waals surface area (Å²) in [6.45, 7) is 4.85. The minimum Gasteiger partial charge on any atom is -0.347 e. The number of benzene rings is 1. The molecule has 0 saturated heterocycles. The molecule has 0 unspecified atom stereocenters. The van der Waals surface area contributed by atoms with E-state index in [0.717, 1.165) is 16.3 Å². The molecule has 0 aliphatic carbocycles. The third kappa shape index (κ3) is 3.46. The van der Waals surface area contributed by atoms with Crippen molar-refractivity contribution in [1.29, 1.82) is 0 Å². The quantitative estimate of drug-likeness (QED) is 0.709. The topological polar surface area (TPSA) is 58.0 Å². The van der Waals surface area contributed by atoms with Gasteiger partial charge in [0.25, 0.3) is 0 Å². The van der Waals surface area contributed by atoms with Crippen molar-refractivity contribution in [1.82, 2.24) is 19.9 Å². The number of aromatic nitrogens is 4. The Morgan fingerprint density at radius 3 is 2.33 bits per heavy atom. The molecule has 6 nitrogen and oxygen atoms in total. The van der Waals surface area contributed by atoms with Gasteiger partial charge < -0.3 is 9.80 Å². The molecule has 0 bridgehead atoms. The molecular weight excluding hydrogens is 320 g/mol. The van der Waals surface area contributed by atoms with Crippen molar-refractivity contribution >= 4 is 33.5 Å². The lowest BCUT2D eigenvalue weighted by Gasteiger charge is -2.19. The third-order valence-electron chi connectivity index (χ3n) is 3.60. The summed E-state index contributed by atoms with van der Waals surface area (Å²) in [5, 5.41) is 1.05. The maximum absolute atomic E-state index is 4.69. The van der Waals surface area contributed by atoms with Crippen LogP contribution in [0.25, 0.3) is 10.2 Å². The van der Waals surface area contributed by atoms with Gasteiger partial charge in [0.05, 0.1) is 16.8 Å². The maximum Gasteiger partial charge on any atom is 0.230 e. The van der Waals surface area contributed by atoms with Gasteiger partial charge in [0, 0.05) is 27.1 Å². The summed E-state index contributed by atoms with van der Waals surface area (Å²) in [7, 11) is 5.87. The van der Waals surface area contributed by atoms with Crippen molar-refractivity contribution in [2.75, 3.05) is 30.9 Å². The summed E-state index contributed by atoms with van der Waals surface area (Å²) in [5.41, 5.74) is 1.04. The van der Waals surface area contributed by atoms with Gasteiger partial charge in [-0.3, -0.25) is 0 Å². The Bertz CT molecular complexity index is 783. The Labute approximate surface area is 146 Å². The van der Waals surface area contributed by atoms with E-state index in [1.165, 1.54) is 4.70 Å². The maximum atomic E-state index is 4.69. The Hall–Kier alpha value is -2.28. The number of rotatable bonds is 5. The Kier molecular flexibility index (Phi) is 4.62. The first-order valence-electron chi connectivity index (χ1n) is 7.93. The summed E-state index contributed by atoms with van der Waals surface area (Å²) < 4.78 is 1.20. The van der Waals surface area contributed by atoms with Gasteiger partial charge in [0.15, 0.2) is 0 Å². The monoisotopic (exact) mass is 342 g/mol. The predicted octanol–water partition coefficient (Wildman–Crippen LogP) is 3.31. The molecule has 0 amide bonds. The smallest absolute Gasteiger partial charge is 0.230 e. The van der Waals surface area contributed by atoms with Gasteiger partial charge >= 0.3 is 0 Å². The Balaban J connectivity index is 1.89. The second-order valence-electron chi connectivity index (χ2n) is 6.27. The molecule has 0 spiro atoms. The number of nitrogens with zero attached hydrogens (tertiary/aromatic N) is 6. The molecule has 24 heavy (non-hydrogen) atoms. The fourth-order valence-electron chi connectivity index (χ4n) is 2.26. The lowest BCUT2D eigenvalue weighted by atomic mass is 10.2. The van der Waals surface area contributed by atoms with Crippen LogP contribution in [0, 0.1) is 0 Å². The van der Waals surface area contributed by atoms with Crippen LogP contribution >= 0.6 is 11.3 Å². The molecule has 0 aliphatic heterocycles. The molecule has 0 N–H and O–H groups in total. The van der Waals surface area contributed by atoms with Gasteiger partial charge in [-0.25, -0.2) is 4.98 Å². The van der Waals surface area contributed by atoms with E-state index >= 15 is 0 Å². The van der Waals surface area contributed by atoms with E-state index in [-0.39, 0.29) is 5.92 Å². The first-order chi connectivity index (χ1) is 11.4. The molecule has 0 saturated carbocycles. The number of hydrogen-bond acceptors (Lipinski definition) is 7. The average molecular weight is 342 g/mol. The van der Waals surface area contributed by atoms with Crippen LogP contribution in [0.2, 0.25) is 0 Å². The Morgan fingerprint density at radius 2 is 1.67 bits per heavy atom. The normalized spacial score (nSPS) is 11.2. The molecule has 2 aromatic heterocycles. The summed E-state index contributed by atoms with van der Waals surface area (Å²) in [5.74, 6) is 2.41. The van der Waals surface area contributed by atoms with Crippen molar-refractivity contribution < 1.29 is 0 Å². The molecule has 2 heterocycles.